The molecule has 0 amide bonds. The summed E-state index contributed by atoms with van der Waals surface area (Å²) < 4.78 is 2.87. The molecule has 1 saturated heterocycles. The Morgan fingerprint density at radius 1 is 1.25 bits per heavy atom. The molecule has 0 radical (unpaired) electrons. The van der Waals surface area contributed by atoms with E-state index in [1.54, 1.807) is 12.4 Å². The molecule has 3 rings (SSSR count). The van der Waals surface area contributed by atoms with Gasteiger partial charge in [0, 0.05) is 37.2 Å². The average Bonchev–Trinajstić information content (AvgIpc) is 2.97. The van der Waals surface area contributed by atoms with Gasteiger partial charge in [0.1, 0.15) is 0 Å². The lowest BCUT2D eigenvalue weighted by Crippen LogP contribution is -2.25. The summed E-state index contributed by atoms with van der Waals surface area (Å²) in [5, 5.41) is 4.54. The Hall–Kier alpha value is -1.43. The Morgan fingerprint density at radius 3 is 2.55 bits per heavy atom. The minimum absolute atomic E-state index is 0.338. The minimum atomic E-state index is 0.338. The summed E-state index contributed by atoms with van der Waals surface area (Å²) in [6.45, 7) is 5.22. The lowest BCUT2D eigenvalue weighted by molar-refractivity contribution is 0.686. The van der Waals surface area contributed by atoms with Gasteiger partial charge in [0.15, 0.2) is 0 Å². The van der Waals surface area contributed by atoms with Gasteiger partial charge in [0.25, 0.3) is 0 Å². The number of anilines is 1. The van der Waals surface area contributed by atoms with Gasteiger partial charge in [-0.25, -0.2) is 9.97 Å². The maximum atomic E-state index is 4.54. The number of rotatable bonds is 2. The van der Waals surface area contributed by atoms with Crippen LogP contribution in [0.3, 0.4) is 0 Å². The van der Waals surface area contributed by atoms with Crippen LogP contribution >= 0.6 is 15.9 Å². The first-order valence-electron chi connectivity index (χ1n) is 6.82. The first kappa shape index (κ1) is 13.5. The Balaban J connectivity index is 1.98. The fraction of sp³-hybridized carbons (Fsp3) is 0.500. The van der Waals surface area contributed by atoms with Gasteiger partial charge < -0.3 is 4.90 Å². The zero-order chi connectivity index (χ0) is 14.3. The molecule has 1 fully saturated rings. The molecule has 6 heteroatoms. The van der Waals surface area contributed by atoms with Crippen LogP contribution in [-0.2, 0) is 7.05 Å². The molecule has 2 aromatic heterocycles. The van der Waals surface area contributed by atoms with E-state index in [1.807, 2.05) is 11.7 Å². The summed E-state index contributed by atoms with van der Waals surface area (Å²) in [7, 11) is 2.00. The molecule has 0 aliphatic carbocycles. The Kier molecular flexibility index (Phi) is 3.50. The standard InChI is InChI=1S/C14H18BrN5/c1-9-13(10(2)19(3)18-9)12-5-4-6-20(12)14-16-7-11(15)8-17-14/h7-8,12H,4-6H2,1-3H3/t12-/m1/s1. The van der Waals surface area contributed by atoms with Gasteiger partial charge in [-0.05, 0) is 42.6 Å². The molecule has 1 atom stereocenters. The third-order valence-electron chi connectivity index (χ3n) is 4.01. The van der Waals surface area contributed by atoms with E-state index in [1.165, 1.54) is 11.3 Å². The van der Waals surface area contributed by atoms with Crippen molar-refractivity contribution in [3.05, 3.63) is 33.8 Å². The molecule has 20 heavy (non-hydrogen) atoms. The van der Waals surface area contributed by atoms with Crippen molar-refractivity contribution in [2.45, 2.75) is 32.7 Å². The van der Waals surface area contributed by atoms with E-state index in [9.17, 15) is 0 Å². The SMILES string of the molecule is Cc1nn(C)c(C)c1[C@H]1CCCN1c1ncc(Br)cn1. The van der Waals surface area contributed by atoms with E-state index in [4.69, 9.17) is 0 Å². The molecule has 5 nitrogen and oxygen atoms in total. The summed E-state index contributed by atoms with van der Waals surface area (Å²) in [6, 6.07) is 0.338. The van der Waals surface area contributed by atoms with Gasteiger partial charge in [-0.2, -0.15) is 5.10 Å². The van der Waals surface area contributed by atoms with Crippen LogP contribution in [0.4, 0.5) is 5.95 Å². The van der Waals surface area contributed by atoms with Crippen LogP contribution in [0.2, 0.25) is 0 Å². The zero-order valence-electron chi connectivity index (χ0n) is 12.0. The molecule has 0 unspecified atom stereocenters. The number of aryl methyl sites for hydroxylation is 2. The molecule has 0 N–H and O–H groups in total. The molecule has 1 aliphatic rings. The van der Waals surface area contributed by atoms with Crippen LogP contribution < -0.4 is 4.90 Å². The van der Waals surface area contributed by atoms with Crippen LogP contribution in [0, 0.1) is 13.8 Å². The average molecular weight is 336 g/mol. The van der Waals surface area contributed by atoms with Crippen molar-refractivity contribution in [1.29, 1.82) is 0 Å². The zero-order valence-corrected chi connectivity index (χ0v) is 13.6. The summed E-state index contributed by atoms with van der Waals surface area (Å²) >= 11 is 3.38. The van der Waals surface area contributed by atoms with E-state index in [0.717, 1.165) is 35.5 Å². The molecule has 0 bridgehead atoms. The van der Waals surface area contributed by atoms with E-state index in [2.05, 4.69) is 49.7 Å². The van der Waals surface area contributed by atoms with Crippen LogP contribution in [0.15, 0.2) is 16.9 Å². The van der Waals surface area contributed by atoms with Crippen molar-refractivity contribution in [2.24, 2.45) is 7.05 Å². The molecular weight excluding hydrogens is 318 g/mol. The van der Waals surface area contributed by atoms with E-state index in [0.29, 0.717) is 6.04 Å². The van der Waals surface area contributed by atoms with Gasteiger partial charge in [-0.3, -0.25) is 4.68 Å². The molecule has 106 valence electrons. The minimum Gasteiger partial charge on any atom is -0.334 e. The highest BCUT2D eigenvalue weighted by Gasteiger charge is 2.31. The lowest BCUT2D eigenvalue weighted by Gasteiger charge is -2.25. The van der Waals surface area contributed by atoms with E-state index >= 15 is 0 Å². The van der Waals surface area contributed by atoms with Gasteiger partial charge in [-0.15, -0.1) is 0 Å². The lowest BCUT2D eigenvalue weighted by atomic mass is 10.0. The summed E-state index contributed by atoms with van der Waals surface area (Å²) in [5.74, 6) is 0.804. The molecule has 2 aromatic rings. The summed E-state index contributed by atoms with van der Waals surface area (Å²) in [4.78, 5) is 11.2. The van der Waals surface area contributed by atoms with Crippen LogP contribution in [0.1, 0.15) is 35.8 Å². The van der Waals surface area contributed by atoms with Gasteiger partial charge in [0.2, 0.25) is 5.95 Å². The second-order valence-electron chi connectivity index (χ2n) is 5.26. The highest BCUT2D eigenvalue weighted by molar-refractivity contribution is 9.10. The summed E-state index contributed by atoms with van der Waals surface area (Å²) in [6.07, 6.45) is 5.91. The quantitative estimate of drug-likeness (QED) is 0.846. The second kappa shape index (κ2) is 5.16. The molecule has 0 aromatic carbocycles. The maximum absolute atomic E-state index is 4.54. The topological polar surface area (TPSA) is 46.8 Å². The molecular formula is C14H18BrN5. The van der Waals surface area contributed by atoms with Crippen molar-refractivity contribution in [1.82, 2.24) is 19.7 Å². The first-order valence-corrected chi connectivity index (χ1v) is 7.61. The largest absolute Gasteiger partial charge is 0.334 e. The van der Waals surface area contributed by atoms with Gasteiger partial charge >= 0.3 is 0 Å². The monoisotopic (exact) mass is 335 g/mol. The van der Waals surface area contributed by atoms with Crippen molar-refractivity contribution < 1.29 is 0 Å². The van der Waals surface area contributed by atoms with Crippen LogP contribution in [0.25, 0.3) is 0 Å². The van der Waals surface area contributed by atoms with E-state index in [-0.39, 0.29) is 0 Å². The van der Waals surface area contributed by atoms with Crippen LogP contribution in [0.5, 0.6) is 0 Å². The fourth-order valence-electron chi connectivity index (χ4n) is 3.03. The number of aromatic nitrogens is 4. The van der Waals surface area contributed by atoms with Gasteiger partial charge in [-0.1, -0.05) is 0 Å². The second-order valence-corrected chi connectivity index (χ2v) is 6.18. The number of hydrogen-bond acceptors (Lipinski definition) is 4. The Morgan fingerprint density at radius 2 is 1.95 bits per heavy atom. The molecule has 3 heterocycles. The third-order valence-corrected chi connectivity index (χ3v) is 4.42. The number of nitrogens with zero attached hydrogens (tertiary/aromatic N) is 5. The van der Waals surface area contributed by atoms with Gasteiger partial charge in [0.05, 0.1) is 16.2 Å². The van der Waals surface area contributed by atoms with Crippen molar-refractivity contribution in [2.75, 3.05) is 11.4 Å². The van der Waals surface area contributed by atoms with Crippen molar-refractivity contribution in [3.8, 4) is 0 Å². The highest BCUT2D eigenvalue weighted by atomic mass is 79.9. The van der Waals surface area contributed by atoms with E-state index < -0.39 is 0 Å². The van der Waals surface area contributed by atoms with Crippen molar-refractivity contribution >= 4 is 21.9 Å². The predicted octanol–water partition coefficient (Wildman–Crippen LogP) is 2.93. The molecule has 0 saturated carbocycles. The maximum Gasteiger partial charge on any atom is 0.225 e. The Bertz CT molecular complexity index is 619. The molecule has 0 spiro atoms. The normalized spacial score (nSPS) is 18.8. The fourth-order valence-corrected chi connectivity index (χ4v) is 3.24. The third kappa shape index (κ3) is 2.22. The number of halogens is 1. The van der Waals surface area contributed by atoms with Crippen LogP contribution in [-0.4, -0.2) is 26.3 Å². The highest BCUT2D eigenvalue weighted by Crippen LogP contribution is 2.37. The molecule has 1 aliphatic heterocycles. The van der Waals surface area contributed by atoms with Crippen molar-refractivity contribution in [3.63, 3.8) is 0 Å². The smallest absolute Gasteiger partial charge is 0.225 e. The Labute approximate surface area is 127 Å². The first-order chi connectivity index (χ1) is 9.58. The number of hydrogen-bond donors (Lipinski definition) is 0. The predicted molar refractivity (Wildman–Crippen MR) is 81.7 cm³/mol. The summed E-state index contributed by atoms with van der Waals surface area (Å²) in [5.41, 5.74) is 3.67.